The van der Waals surface area contributed by atoms with Crippen LogP contribution < -0.4 is 11.5 Å². The molecule has 1 aromatic rings. The first-order chi connectivity index (χ1) is 7.12. The molecular weight excluding hydrogens is 192 g/mol. The minimum Gasteiger partial charge on any atom is -0.368 e. The van der Waals surface area contributed by atoms with Crippen LogP contribution in [0.25, 0.3) is 0 Å². The summed E-state index contributed by atoms with van der Waals surface area (Å²) in [5.41, 5.74) is 10.5. The Morgan fingerprint density at radius 1 is 1.60 bits per heavy atom. The first kappa shape index (κ1) is 10.2. The Morgan fingerprint density at radius 3 is 3.00 bits per heavy atom. The lowest BCUT2D eigenvalue weighted by Gasteiger charge is -2.35. The summed E-state index contributed by atoms with van der Waals surface area (Å²) in [5.74, 6) is -0.396. The molecule has 0 aromatic carbocycles. The highest BCUT2D eigenvalue weighted by molar-refractivity contribution is 5.84. The van der Waals surface area contributed by atoms with Crippen molar-refractivity contribution in [3.05, 3.63) is 18.7 Å². The molecule has 1 aliphatic carbocycles. The van der Waals surface area contributed by atoms with E-state index in [1.54, 1.807) is 12.5 Å². The number of carbonyl (C=O) groups excluding carboxylic acids is 1. The molecule has 1 aromatic heterocycles. The van der Waals surface area contributed by atoms with Crippen LogP contribution in [-0.4, -0.2) is 21.0 Å². The third-order valence-electron chi connectivity index (χ3n) is 3.20. The SMILES string of the molecule is NC(=O)C1(N)CCCC(n2ccnc2)C1. The first-order valence-corrected chi connectivity index (χ1v) is 5.18. The van der Waals surface area contributed by atoms with Crippen LogP contribution in [0, 0.1) is 0 Å². The number of hydrogen-bond donors (Lipinski definition) is 2. The van der Waals surface area contributed by atoms with E-state index in [0.29, 0.717) is 12.8 Å². The molecule has 1 fully saturated rings. The second-order valence-electron chi connectivity index (χ2n) is 4.28. The zero-order valence-electron chi connectivity index (χ0n) is 8.60. The molecular formula is C10H16N4O. The second-order valence-corrected chi connectivity index (χ2v) is 4.28. The van der Waals surface area contributed by atoms with Crippen LogP contribution in [-0.2, 0) is 4.79 Å². The number of amides is 1. The molecule has 15 heavy (non-hydrogen) atoms. The maximum absolute atomic E-state index is 11.3. The molecule has 0 bridgehead atoms. The Balaban J connectivity index is 2.14. The van der Waals surface area contributed by atoms with Gasteiger partial charge in [-0.1, -0.05) is 0 Å². The lowest BCUT2D eigenvalue weighted by Crippen LogP contribution is -2.54. The van der Waals surface area contributed by atoms with Gasteiger partial charge in [-0.3, -0.25) is 4.79 Å². The van der Waals surface area contributed by atoms with Crippen molar-refractivity contribution in [3.63, 3.8) is 0 Å². The topological polar surface area (TPSA) is 86.9 Å². The van der Waals surface area contributed by atoms with E-state index in [9.17, 15) is 4.79 Å². The van der Waals surface area contributed by atoms with E-state index >= 15 is 0 Å². The summed E-state index contributed by atoms with van der Waals surface area (Å²) in [6.45, 7) is 0. The van der Waals surface area contributed by atoms with Crippen molar-refractivity contribution in [2.45, 2.75) is 37.3 Å². The van der Waals surface area contributed by atoms with E-state index in [1.165, 1.54) is 0 Å². The van der Waals surface area contributed by atoms with Crippen molar-refractivity contribution in [2.24, 2.45) is 11.5 Å². The third kappa shape index (κ3) is 1.87. The van der Waals surface area contributed by atoms with Crippen LogP contribution in [0.1, 0.15) is 31.7 Å². The number of nitrogens with two attached hydrogens (primary N) is 2. The van der Waals surface area contributed by atoms with Gasteiger partial charge in [0, 0.05) is 18.4 Å². The summed E-state index contributed by atoms with van der Waals surface area (Å²) in [4.78, 5) is 15.3. The van der Waals surface area contributed by atoms with Gasteiger partial charge in [-0.15, -0.1) is 0 Å². The highest BCUT2D eigenvalue weighted by Crippen LogP contribution is 2.33. The summed E-state index contributed by atoms with van der Waals surface area (Å²) in [6.07, 6.45) is 8.66. The van der Waals surface area contributed by atoms with E-state index < -0.39 is 11.4 Å². The average molecular weight is 208 g/mol. The molecule has 4 N–H and O–H groups in total. The van der Waals surface area contributed by atoms with E-state index in [-0.39, 0.29) is 6.04 Å². The van der Waals surface area contributed by atoms with Gasteiger partial charge >= 0.3 is 0 Å². The second kappa shape index (κ2) is 3.66. The van der Waals surface area contributed by atoms with E-state index in [0.717, 1.165) is 12.8 Å². The standard InChI is InChI=1S/C10H16N4O/c11-9(15)10(12)3-1-2-8(6-10)14-5-4-13-7-14/h4-5,7-8H,1-3,6,12H2,(H2,11,15). The van der Waals surface area contributed by atoms with Gasteiger partial charge in [0.2, 0.25) is 5.91 Å². The summed E-state index contributed by atoms with van der Waals surface area (Å²) >= 11 is 0. The van der Waals surface area contributed by atoms with Gasteiger partial charge in [0.25, 0.3) is 0 Å². The summed E-state index contributed by atoms with van der Waals surface area (Å²) in [5, 5.41) is 0. The zero-order chi connectivity index (χ0) is 10.9. The third-order valence-corrected chi connectivity index (χ3v) is 3.20. The van der Waals surface area contributed by atoms with Crippen molar-refractivity contribution in [1.82, 2.24) is 9.55 Å². The number of carbonyl (C=O) groups is 1. The van der Waals surface area contributed by atoms with Crippen molar-refractivity contribution < 1.29 is 4.79 Å². The Labute approximate surface area is 88.5 Å². The first-order valence-electron chi connectivity index (χ1n) is 5.18. The fourth-order valence-corrected chi connectivity index (χ4v) is 2.24. The van der Waals surface area contributed by atoms with E-state index in [2.05, 4.69) is 4.98 Å². The number of primary amides is 1. The molecule has 5 nitrogen and oxygen atoms in total. The van der Waals surface area contributed by atoms with Crippen LogP contribution in [0.5, 0.6) is 0 Å². The molecule has 0 saturated heterocycles. The summed E-state index contributed by atoms with van der Waals surface area (Å²) < 4.78 is 2.00. The normalized spacial score (nSPS) is 31.4. The quantitative estimate of drug-likeness (QED) is 0.726. The smallest absolute Gasteiger partial charge is 0.237 e. The maximum atomic E-state index is 11.3. The van der Waals surface area contributed by atoms with E-state index in [1.807, 2.05) is 10.8 Å². The summed E-state index contributed by atoms with van der Waals surface area (Å²) in [7, 11) is 0. The largest absolute Gasteiger partial charge is 0.368 e. The van der Waals surface area contributed by atoms with Crippen LogP contribution in [0.4, 0.5) is 0 Å². The Hall–Kier alpha value is -1.36. The lowest BCUT2D eigenvalue weighted by molar-refractivity contribution is -0.124. The Kier molecular flexibility index (Phi) is 2.48. The monoisotopic (exact) mass is 208 g/mol. The van der Waals surface area contributed by atoms with Gasteiger partial charge in [-0.25, -0.2) is 4.98 Å². The number of nitrogens with zero attached hydrogens (tertiary/aromatic N) is 2. The summed E-state index contributed by atoms with van der Waals surface area (Å²) in [6, 6.07) is 0.249. The number of imidazole rings is 1. The molecule has 2 atom stereocenters. The fraction of sp³-hybridized carbons (Fsp3) is 0.600. The zero-order valence-corrected chi connectivity index (χ0v) is 8.60. The van der Waals surface area contributed by atoms with Crippen molar-refractivity contribution in [1.29, 1.82) is 0 Å². The highest BCUT2D eigenvalue weighted by atomic mass is 16.1. The molecule has 1 amide bonds. The molecule has 0 aliphatic heterocycles. The molecule has 2 unspecified atom stereocenters. The van der Waals surface area contributed by atoms with Crippen molar-refractivity contribution in [2.75, 3.05) is 0 Å². The van der Waals surface area contributed by atoms with Gasteiger partial charge in [-0.2, -0.15) is 0 Å². The van der Waals surface area contributed by atoms with Crippen molar-refractivity contribution in [3.8, 4) is 0 Å². The van der Waals surface area contributed by atoms with Crippen LogP contribution >= 0.6 is 0 Å². The number of hydrogen-bond acceptors (Lipinski definition) is 3. The van der Waals surface area contributed by atoms with Crippen molar-refractivity contribution >= 4 is 5.91 Å². The minimum atomic E-state index is -0.840. The predicted molar refractivity (Wildman–Crippen MR) is 55.8 cm³/mol. The molecule has 1 heterocycles. The molecule has 82 valence electrons. The Morgan fingerprint density at radius 2 is 2.40 bits per heavy atom. The highest BCUT2D eigenvalue weighted by Gasteiger charge is 2.38. The lowest BCUT2D eigenvalue weighted by atomic mass is 9.79. The average Bonchev–Trinajstić information content (AvgIpc) is 2.70. The van der Waals surface area contributed by atoms with Gasteiger partial charge in [0.15, 0.2) is 0 Å². The molecule has 1 saturated carbocycles. The van der Waals surface area contributed by atoms with Crippen LogP contribution in [0.15, 0.2) is 18.7 Å². The van der Waals surface area contributed by atoms with E-state index in [4.69, 9.17) is 11.5 Å². The van der Waals surface area contributed by atoms with Gasteiger partial charge in [-0.05, 0) is 25.7 Å². The van der Waals surface area contributed by atoms with Crippen LogP contribution in [0.2, 0.25) is 0 Å². The molecule has 0 radical (unpaired) electrons. The Bertz CT molecular complexity index is 348. The molecule has 2 rings (SSSR count). The molecule has 5 heteroatoms. The molecule has 1 aliphatic rings. The number of rotatable bonds is 2. The van der Waals surface area contributed by atoms with Crippen LogP contribution in [0.3, 0.4) is 0 Å². The predicted octanol–water partition coefficient (Wildman–Crippen LogP) is 0.181. The fourth-order valence-electron chi connectivity index (χ4n) is 2.24. The maximum Gasteiger partial charge on any atom is 0.237 e. The number of aromatic nitrogens is 2. The molecule has 0 spiro atoms. The minimum absolute atomic E-state index is 0.249. The van der Waals surface area contributed by atoms with Gasteiger partial charge < -0.3 is 16.0 Å². The van der Waals surface area contributed by atoms with Gasteiger partial charge in [0.1, 0.15) is 0 Å². The van der Waals surface area contributed by atoms with Gasteiger partial charge in [0.05, 0.1) is 11.9 Å².